The maximum Gasteiger partial charge on any atom is 0.109 e. The van der Waals surface area contributed by atoms with Crippen LogP contribution >= 0.6 is 0 Å². The maximum atomic E-state index is 5.40. The van der Waals surface area contributed by atoms with E-state index in [9.17, 15) is 0 Å². The van der Waals surface area contributed by atoms with Gasteiger partial charge in [0.15, 0.2) is 0 Å². The lowest BCUT2D eigenvalue weighted by Gasteiger charge is -2.27. The average Bonchev–Trinajstić information content (AvgIpc) is 3.83. The summed E-state index contributed by atoms with van der Waals surface area (Å²) in [6.07, 6.45) is 13.3. The minimum Gasteiger partial charge on any atom is -0.373 e. The molecule has 0 saturated carbocycles. The lowest BCUT2D eigenvalue weighted by Crippen LogP contribution is -2.29. The van der Waals surface area contributed by atoms with Crippen molar-refractivity contribution in [2.45, 2.75) is 117 Å². The molecule has 258 valence electrons. The van der Waals surface area contributed by atoms with Crippen molar-refractivity contribution in [3.8, 4) is 0 Å². The minimum atomic E-state index is -0.109. The summed E-state index contributed by atoms with van der Waals surface area (Å²) in [5.74, 6) is 0. The number of benzene rings is 2. The molecule has 4 aliphatic heterocycles. The van der Waals surface area contributed by atoms with Gasteiger partial charge in [0, 0.05) is 28.2 Å². The number of nitrogens with one attached hydrogen (secondary N) is 2. The number of allylic oxidation sites excluding steroid dienone is 4. The molecule has 4 heteroatoms. The lowest BCUT2D eigenvalue weighted by molar-refractivity contribution is 0.567. The number of aromatic nitrogens is 1. The second kappa shape index (κ2) is 11.5. The lowest BCUT2D eigenvalue weighted by atomic mass is 9.78. The Labute approximate surface area is 300 Å². The quantitative estimate of drug-likeness (QED) is 0.282. The van der Waals surface area contributed by atoms with Crippen molar-refractivity contribution in [2.75, 3.05) is 0 Å². The van der Waals surface area contributed by atoms with E-state index in [1.54, 1.807) is 0 Å². The van der Waals surface area contributed by atoms with E-state index >= 15 is 0 Å². The van der Waals surface area contributed by atoms with E-state index in [0.29, 0.717) is 0 Å². The topological polar surface area (TPSA) is 52.5 Å². The van der Waals surface area contributed by atoms with Crippen LogP contribution in [0.2, 0.25) is 0 Å². The van der Waals surface area contributed by atoms with Crippen molar-refractivity contribution in [3.05, 3.63) is 141 Å². The van der Waals surface area contributed by atoms with Gasteiger partial charge in [-0.15, -0.1) is 0 Å². The summed E-state index contributed by atoms with van der Waals surface area (Å²) in [6.45, 7) is 27.6. The molecule has 0 amide bonds. The summed E-state index contributed by atoms with van der Waals surface area (Å²) in [5.41, 5.74) is 16.1. The number of aliphatic imine (C=N–C) groups is 2. The standard InChI is InChI=1S/C46H54N4/c1-43(2,3)29-21-27(22-30(25-29)44(4,5)6)41-37-17-13-33(47-37)35-15-19-39(49-35)42(40-20-16-36(50-40)34-14-18-38(41)48-34)28-23-31(45(7,8)9)26-32(24-28)46(10,11)12/h13-26,33-34,47,50H,1-12H3/b41-37-,42-39-. The molecule has 8 bridgehead atoms. The molecule has 0 aliphatic carbocycles. The van der Waals surface area contributed by atoms with Gasteiger partial charge in [-0.1, -0.05) is 132 Å². The zero-order valence-electron chi connectivity index (χ0n) is 32.1. The van der Waals surface area contributed by atoms with Crippen LogP contribution in [0.15, 0.2) is 106 Å². The first-order chi connectivity index (χ1) is 23.3. The first-order valence-electron chi connectivity index (χ1n) is 18.2. The van der Waals surface area contributed by atoms with Gasteiger partial charge in [-0.3, -0.25) is 9.98 Å². The number of hydrogen-bond acceptors (Lipinski definition) is 3. The Morgan fingerprint density at radius 2 is 1.10 bits per heavy atom. The highest BCUT2D eigenvalue weighted by atomic mass is 15.0. The second-order valence-electron chi connectivity index (χ2n) is 18.6. The molecular formula is C46H54N4. The van der Waals surface area contributed by atoms with E-state index in [-0.39, 0.29) is 33.7 Å². The van der Waals surface area contributed by atoms with E-state index in [0.717, 1.165) is 45.4 Å². The highest BCUT2D eigenvalue weighted by Crippen LogP contribution is 2.40. The first kappa shape index (κ1) is 34.0. The Balaban J connectivity index is 1.43. The van der Waals surface area contributed by atoms with Crippen molar-refractivity contribution >= 4 is 22.6 Å². The van der Waals surface area contributed by atoms with Gasteiger partial charge in [0.05, 0.1) is 23.2 Å². The molecule has 4 aliphatic rings. The smallest absolute Gasteiger partial charge is 0.109 e. The predicted molar refractivity (Wildman–Crippen MR) is 213 cm³/mol. The Bertz CT molecular complexity index is 2040. The summed E-state index contributed by atoms with van der Waals surface area (Å²) in [4.78, 5) is 14.6. The number of nitrogens with zero attached hydrogens (tertiary/aromatic N) is 2. The van der Waals surface area contributed by atoms with Gasteiger partial charge in [0.2, 0.25) is 0 Å². The van der Waals surface area contributed by atoms with Gasteiger partial charge in [-0.05, 0) is 91.5 Å². The van der Waals surface area contributed by atoms with Crippen LogP contribution in [0, 0.1) is 0 Å². The zero-order valence-corrected chi connectivity index (χ0v) is 32.1. The predicted octanol–water partition coefficient (Wildman–Crippen LogP) is 11.0. The molecule has 2 N–H and O–H groups in total. The number of aromatic amines is 1. The van der Waals surface area contributed by atoms with E-state index in [4.69, 9.17) is 9.98 Å². The van der Waals surface area contributed by atoms with Crippen molar-refractivity contribution in [2.24, 2.45) is 9.98 Å². The highest BCUT2D eigenvalue weighted by Gasteiger charge is 2.30. The Kier molecular flexibility index (Phi) is 7.86. The van der Waals surface area contributed by atoms with Crippen LogP contribution in [0.3, 0.4) is 0 Å². The molecule has 0 radical (unpaired) electrons. The van der Waals surface area contributed by atoms with E-state index in [2.05, 4.69) is 178 Å². The Morgan fingerprint density at radius 1 is 0.560 bits per heavy atom. The molecule has 1 aromatic heterocycles. The van der Waals surface area contributed by atoms with E-state index in [1.807, 2.05) is 0 Å². The largest absolute Gasteiger partial charge is 0.373 e. The van der Waals surface area contributed by atoms with Crippen molar-refractivity contribution in [1.82, 2.24) is 10.3 Å². The molecule has 2 aromatic carbocycles. The fraction of sp³-hybridized carbons (Fsp3) is 0.391. The van der Waals surface area contributed by atoms with Crippen LogP contribution in [0.5, 0.6) is 0 Å². The van der Waals surface area contributed by atoms with Gasteiger partial charge >= 0.3 is 0 Å². The maximum absolute atomic E-state index is 5.40. The normalized spacial score (nSPS) is 23.3. The molecule has 2 unspecified atom stereocenters. The van der Waals surface area contributed by atoms with Gasteiger partial charge < -0.3 is 10.3 Å². The number of rotatable bonds is 2. The number of fused-ring (bicyclic) bond motifs is 8. The molecule has 0 fully saturated rings. The molecule has 3 aromatic rings. The fourth-order valence-corrected chi connectivity index (χ4v) is 7.10. The molecule has 0 spiro atoms. The fourth-order valence-electron chi connectivity index (χ4n) is 7.10. The first-order valence-corrected chi connectivity index (χ1v) is 18.2. The summed E-state index contributed by atoms with van der Waals surface area (Å²) in [5, 5.41) is 3.88. The summed E-state index contributed by atoms with van der Waals surface area (Å²) in [6, 6.07) is 18.5. The van der Waals surface area contributed by atoms with Crippen LogP contribution in [0.4, 0.5) is 0 Å². The van der Waals surface area contributed by atoms with E-state index < -0.39 is 0 Å². The second-order valence-corrected chi connectivity index (χ2v) is 18.6. The number of H-pyrrole nitrogens is 1. The van der Waals surface area contributed by atoms with Gasteiger partial charge in [0.1, 0.15) is 6.04 Å². The summed E-state index contributed by atoms with van der Waals surface area (Å²) >= 11 is 0. The van der Waals surface area contributed by atoms with Gasteiger partial charge in [-0.2, -0.15) is 0 Å². The Hall–Kier alpha value is -4.44. The average molecular weight is 663 g/mol. The van der Waals surface area contributed by atoms with Crippen LogP contribution in [-0.4, -0.2) is 22.4 Å². The third-order valence-electron chi connectivity index (χ3n) is 10.4. The van der Waals surface area contributed by atoms with Gasteiger partial charge in [0.25, 0.3) is 0 Å². The number of hydrogen-bond donors (Lipinski definition) is 2. The van der Waals surface area contributed by atoms with Crippen LogP contribution in [-0.2, 0) is 21.7 Å². The third kappa shape index (κ3) is 6.34. The molecule has 4 nitrogen and oxygen atoms in total. The Morgan fingerprint density at radius 3 is 1.64 bits per heavy atom. The molecule has 2 atom stereocenters. The van der Waals surface area contributed by atoms with Crippen molar-refractivity contribution in [3.63, 3.8) is 0 Å². The summed E-state index contributed by atoms with van der Waals surface area (Å²) < 4.78 is 0. The third-order valence-corrected chi connectivity index (χ3v) is 10.4. The highest BCUT2D eigenvalue weighted by molar-refractivity contribution is 6.31. The van der Waals surface area contributed by atoms with E-state index in [1.165, 1.54) is 33.4 Å². The van der Waals surface area contributed by atoms with Crippen molar-refractivity contribution < 1.29 is 0 Å². The molecular weight excluding hydrogens is 609 g/mol. The monoisotopic (exact) mass is 662 g/mol. The molecule has 50 heavy (non-hydrogen) atoms. The van der Waals surface area contributed by atoms with Crippen LogP contribution < -0.4 is 5.32 Å². The van der Waals surface area contributed by atoms with Crippen LogP contribution in [0.25, 0.3) is 11.1 Å². The molecule has 7 rings (SSSR count). The minimum absolute atomic E-state index is 0.00242. The van der Waals surface area contributed by atoms with Crippen LogP contribution in [0.1, 0.15) is 134 Å². The van der Waals surface area contributed by atoms with Crippen molar-refractivity contribution in [1.29, 1.82) is 0 Å². The summed E-state index contributed by atoms with van der Waals surface area (Å²) in [7, 11) is 0. The molecule has 5 heterocycles. The van der Waals surface area contributed by atoms with Gasteiger partial charge in [-0.25, -0.2) is 0 Å². The zero-order chi connectivity index (χ0) is 36.0. The molecule has 0 saturated heterocycles. The SMILES string of the molecule is CC(C)(C)c1cc(/C2=C3\C=CC(N3)C3=N/C(=C(/c4cc(C(C)(C)C)cc(C(C)(C)C)c4)c4ccc([nH]4)C4C=CC2=N4)C=C3)cc(C(C)(C)C)c1.